The van der Waals surface area contributed by atoms with Gasteiger partial charge in [-0.3, -0.25) is 0 Å². The van der Waals surface area contributed by atoms with Gasteiger partial charge < -0.3 is 11.1 Å². The van der Waals surface area contributed by atoms with Crippen LogP contribution < -0.4 is 11.1 Å². The number of aryl methyl sites for hydroxylation is 1. The Labute approximate surface area is 84.0 Å². The van der Waals surface area contributed by atoms with Crippen LogP contribution in [0.1, 0.15) is 18.4 Å². The minimum atomic E-state index is 0.464. The molecule has 0 aliphatic heterocycles. The second-order valence-corrected chi connectivity index (χ2v) is 3.69. The summed E-state index contributed by atoms with van der Waals surface area (Å²) in [6.07, 6.45) is 2.35. The molecule has 1 aromatic rings. The third-order valence-corrected chi connectivity index (χ3v) is 2.28. The van der Waals surface area contributed by atoms with Crippen molar-refractivity contribution in [2.75, 3.05) is 5.32 Å². The number of hydrogen-bond donors (Lipinski definition) is 2. The lowest BCUT2D eigenvalue weighted by Gasteiger charge is -2.07. The van der Waals surface area contributed by atoms with Gasteiger partial charge in [0.1, 0.15) is 0 Å². The SMILES string of the molecule is Cc1ccccc1NC(N)=NC1CC1. The van der Waals surface area contributed by atoms with Gasteiger partial charge in [0.2, 0.25) is 0 Å². The Morgan fingerprint density at radius 1 is 1.43 bits per heavy atom. The summed E-state index contributed by atoms with van der Waals surface area (Å²) in [7, 11) is 0. The average molecular weight is 189 g/mol. The van der Waals surface area contributed by atoms with Crippen molar-refractivity contribution in [3.8, 4) is 0 Å². The summed E-state index contributed by atoms with van der Waals surface area (Å²) < 4.78 is 0. The van der Waals surface area contributed by atoms with Crippen molar-refractivity contribution in [1.82, 2.24) is 0 Å². The highest BCUT2D eigenvalue weighted by atomic mass is 15.1. The van der Waals surface area contributed by atoms with Gasteiger partial charge in [0.15, 0.2) is 5.96 Å². The van der Waals surface area contributed by atoms with Crippen molar-refractivity contribution >= 4 is 11.6 Å². The Hall–Kier alpha value is -1.51. The van der Waals surface area contributed by atoms with Crippen LogP contribution in [-0.2, 0) is 0 Å². The number of rotatable bonds is 2. The molecule has 3 N–H and O–H groups in total. The molecule has 0 atom stereocenters. The van der Waals surface area contributed by atoms with Crippen LogP contribution in [0.15, 0.2) is 29.3 Å². The van der Waals surface area contributed by atoms with Gasteiger partial charge in [0.05, 0.1) is 6.04 Å². The second kappa shape index (κ2) is 3.70. The third kappa shape index (κ3) is 2.25. The average Bonchev–Trinajstić information content (AvgIpc) is 2.93. The number of aliphatic imine (C=N–C) groups is 1. The highest BCUT2D eigenvalue weighted by Crippen LogP contribution is 2.23. The molecule has 0 bridgehead atoms. The van der Waals surface area contributed by atoms with E-state index in [-0.39, 0.29) is 0 Å². The molecule has 1 saturated carbocycles. The third-order valence-electron chi connectivity index (χ3n) is 2.28. The predicted molar refractivity (Wildman–Crippen MR) is 59.4 cm³/mol. The monoisotopic (exact) mass is 189 g/mol. The van der Waals surface area contributed by atoms with Crippen molar-refractivity contribution in [1.29, 1.82) is 0 Å². The topological polar surface area (TPSA) is 50.4 Å². The summed E-state index contributed by atoms with van der Waals surface area (Å²) in [6, 6.07) is 8.51. The van der Waals surface area contributed by atoms with E-state index >= 15 is 0 Å². The number of guanidine groups is 1. The van der Waals surface area contributed by atoms with Gasteiger partial charge in [-0.05, 0) is 31.4 Å². The summed E-state index contributed by atoms with van der Waals surface area (Å²) >= 11 is 0. The maximum absolute atomic E-state index is 5.75. The van der Waals surface area contributed by atoms with E-state index in [0.717, 1.165) is 5.69 Å². The van der Waals surface area contributed by atoms with Gasteiger partial charge >= 0.3 is 0 Å². The number of para-hydroxylation sites is 1. The first-order valence-electron chi connectivity index (χ1n) is 4.91. The lowest BCUT2D eigenvalue weighted by atomic mass is 10.2. The molecule has 2 rings (SSSR count). The summed E-state index contributed by atoms with van der Waals surface area (Å²) in [5.41, 5.74) is 7.97. The molecular weight excluding hydrogens is 174 g/mol. The van der Waals surface area contributed by atoms with Crippen LogP contribution in [0.4, 0.5) is 5.69 Å². The standard InChI is InChI=1S/C11H15N3/c1-8-4-2-3-5-10(8)14-11(12)13-9-6-7-9/h2-5,9H,6-7H2,1H3,(H3,12,13,14). The number of anilines is 1. The fourth-order valence-electron chi connectivity index (χ4n) is 1.28. The highest BCUT2D eigenvalue weighted by Gasteiger charge is 2.20. The van der Waals surface area contributed by atoms with Crippen LogP contribution in [0.5, 0.6) is 0 Å². The molecule has 3 heteroatoms. The zero-order valence-electron chi connectivity index (χ0n) is 8.33. The minimum Gasteiger partial charge on any atom is -0.370 e. The molecule has 1 fully saturated rings. The molecule has 0 spiro atoms. The number of nitrogens with two attached hydrogens (primary N) is 1. The van der Waals surface area contributed by atoms with E-state index in [2.05, 4.69) is 10.3 Å². The first-order valence-corrected chi connectivity index (χ1v) is 4.91. The Balaban J connectivity index is 2.06. The van der Waals surface area contributed by atoms with E-state index < -0.39 is 0 Å². The van der Waals surface area contributed by atoms with Gasteiger partial charge in [0.25, 0.3) is 0 Å². The van der Waals surface area contributed by atoms with Gasteiger partial charge in [-0.15, -0.1) is 0 Å². The van der Waals surface area contributed by atoms with Crippen LogP contribution in [0.3, 0.4) is 0 Å². The molecule has 1 aromatic carbocycles. The Morgan fingerprint density at radius 3 is 2.79 bits per heavy atom. The molecule has 74 valence electrons. The van der Waals surface area contributed by atoms with E-state index in [0.29, 0.717) is 12.0 Å². The quantitative estimate of drug-likeness (QED) is 0.551. The molecule has 3 nitrogen and oxygen atoms in total. The molecule has 1 aliphatic rings. The molecule has 0 heterocycles. The number of benzene rings is 1. The maximum Gasteiger partial charge on any atom is 0.193 e. The first-order chi connectivity index (χ1) is 6.75. The molecule has 0 radical (unpaired) electrons. The van der Waals surface area contributed by atoms with Crippen LogP contribution in [0, 0.1) is 6.92 Å². The zero-order valence-corrected chi connectivity index (χ0v) is 8.33. The fraction of sp³-hybridized carbons (Fsp3) is 0.364. The lowest BCUT2D eigenvalue weighted by molar-refractivity contribution is 1.06. The maximum atomic E-state index is 5.75. The van der Waals surface area contributed by atoms with E-state index in [1.54, 1.807) is 0 Å². The van der Waals surface area contributed by atoms with E-state index in [1.807, 2.05) is 31.2 Å². The summed E-state index contributed by atoms with van der Waals surface area (Å²) in [5.74, 6) is 0.529. The normalized spacial score (nSPS) is 16.8. The molecule has 14 heavy (non-hydrogen) atoms. The molecule has 0 unspecified atom stereocenters. The zero-order chi connectivity index (χ0) is 9.97. The molecule has 0 saturated heterocycles. The van der Waals surface area contributed by atoms with Crippen LogP contribution >= 0.6 is 0 Å². The van der Waals surface area contributed by atoms with Crippen molar-refractivity contribution < 1.29 is 0 Å². The first kappa shape index (κ1) is 9.06. The van der Waals surface area contributed by atoms with E-state index in [1.165, 1.54) is 18.4 Å². The van der Waals surface area contributed by atoms with Gasteiger partial charge in [-0.1, -0.05) is 18.2 Å². The van der Waals surface area contributed by atoms with E-state index in [9.17, 15) is 0 Å². The Morgan fingerprint density at radius 2 is 2.14 bits per heavy atom. The van der Waals surface area contributed by atoms with Gasteiger partial charge in [0, 0.05) is 5.69 Å². The predicted octanol–water partition coefficient (Wildman–Crippen LogP) is 1.88. The second-order valence-electron chi connectivity index (χ2n) is 3.69. The minimum absolute atomic E-state index is 0.464. The van der Waals surface area contributed by atoms with Crippen molar-refractivity contribution in [3.63, 3.8) is 0 Å². The molecule has 0 amide bonds. The number of nitrogens with zero attached hydrogens (tertiary/aromatic N) is 1. The molecule has 1 aliphatic carbocycles. The largest absolute Gasteiger partial charge is 0.370 e. The lowest BCUT2D eigenvalue weighted by Crippen LogP contribution is -2.23. The number of hydrogen-bond acceptors (Lipinski definition) is 1. The molecular formula is C11H15N3. The van der Waals surface area contributed by atoms with Gasteiger partial charge in [-0.2, -0.15) is 0 Å². The van der Waals surface area contributed by atoms with Crippen molar-refractivity contribution in [2.45, 2.75) is 25.8 Å². The van der Waals surface area contributed by atoms with Crippen molar-refractivity contribution in [3.05, 3.63) is 29.8 Å². The highest BCUT2D eigenvalue weighted by molar-refractivity contribution is 5.93. The fourth-order valence-corrected chi connectivity index (χ4v) is 1.28. The van der Waals surface area contributed by atoms with E-state index in [4.69, 9.17) is 5.73 Å². The summed E-state index contributed by atoms with van der Waals surface area (Å²) in [4.78, 5) is 4.31. The van der Waals surface area contributed by atoms with Gasteiger partial charge in [-0.25, -0.2) is 4.99 Å². The van der Waals surface area contributed by atoms with Crippen LogP contribution in [0.25, 0.3) is 0 Å². The molecule has 0 aromatic heterocycles. The Bertz CT molecular complexity index is 353. The smallest absolute Gasteiger partial charge is 0.193 e. The summed E-state index contributed by atoms with van der Waals surface area (Å²) in [5, 5.41) is 3.11. The van der Waals surface area contributed by atoms with Crippen LogP contribution in [0.2, 0.25) is 0 Å². The van der Waals surface area contributed by atoms with Crippen molar-refractivity contribution in [2.24, 2.45) is 10.7 Å². The Kier molecular flexibility index (Phi) is 2.39. The van der Waals surface area contributed by atoms with Crippen LogP contribution in [-0.4, -0.2) is 12.0 Å². The summed E-state index contributed by atoms with van der Waals surface area (Å²) in [6.45, 7) is 2.05. The number of nitrogens with one attached hydrogen (secondary N) is 1.